The van der Waals surface area contributed by atoms with Crippen LogP contribution in [-0.4, -0.2) is 31.4 Å². The Balaban J connectivity index is 1.66. The molecule has 3 aromatic heterocycles. The summed E-state index contributed by atoms with van der Waals surface area (Å²) in [6, 6.07) is 0. The number of nitrogens with one attached hydrogen (secondary N) is 2. The molecule has 0 bridgehead atoms. The Kier molecular flexibility index (Phi) is 3.60. The number of nitrogens with zero attached hydrogens (tertiary/aromatic N) is 4. The number of carbonyl (C=O) groups is 1. The van der Waals surface area contributed by atoms with E-state index in [0.29, 0.717) is 34.8 Å². The second-order valence-electron chi connectivity index (χ2n) is 6.55. The fourth-order valence-electron chi connectivity index (χ4n) is 2.70. The fraction of sp³-hybridized carbons (Fsp3) is 0.353. The summed E-state index contributed by atoms with van der Waals surface area (Å²) in [5.41, 5.74) is 1.72. The number of rotatable bonds is 5. The molecule has 8 heteroatoms. The van der Waals surface area contributed by atoms with E-state index in [-0.39, 0.29) is 11.4 Å². The second kappa shape index (κ2) is 5.80. The van der Waals surface area contributed by atoms with Crippen LogP contribution in [0.1, 0.15) is 41.4 Å². The molecular weight excluding hydrogens is 320 g/mol. The molecule has 4 rings (SSSR count). The molecule has 0 unspecified atom stereocenters. The van der Waals surface area contributed by atoms with E-state index in [2.05, 4.69) is 37.5 Å². The summed E-state index contributed by atoms with van der Waals surface area (Å²) in [4.78, 5) is 29.1. The van der Waals surface area contributed by atoms with Crippen molar-refractivity contribution in [3.05, 3.63) is 41.9 Å². The van der Waals surface area contributed by atoms with Crippen molar-refractivity contribution < 1.29 is 9.21 Å². The van der Waals surface area contributed by atoms with Gasteiger partial charge in [0.25, 0.3) is 5.91 Å². The van der Waals surface area contributed by atoms with Crippen LogP contribution in [-0.2, 0) is 6.54 Å². The number of aryl methyl sites for hydroxylation is 1. The predicted octanol–water partition coefficient (Wildman–Crippen LogP) is 2.22. The zero-order chi connectivity index (χ0) is 17.4. The molecule has 0 aliphatic heterocycles. The average molecular weight is 338 g/mol. The summed E-state index contributed by atoms with van der Waals surface area (Å²) in [6.45, 7) is 4.22. The van der Waals surface area contributed by atoms with E-state index in [1.807, 2.05) is 0 Å². The molecule has 1 saturated carbocycles. The van der Waals surface area contributed by atoms with Crippen molar-refractivity contribution >= 4 is 22.8 Å². The highest BCUT2D eigenvalue weighted by Crippen LogP contribution is 2.40. The van der Waals surface area contributed by atoms with Crippen LogP contribution in [0.5, 0.6) is 0 Å². The molecule has 1 aliphatic rings. The fourth-order valence-corrected chi connectivity index (χ4v) is 2.70. The van der Waals surface area contributed by atoms with Crippen molar-refractivity contribution in [1.29, 1.82) is 0 Å². The van der Waals surface area contributed by atoms with Gasteiger partial charge in [-0.05, 0) is 26.7 Å². The standard InChI is InChI=1S/C17H18N6O2/c1-10-12(15(24)20-7-11-5-18-8-19-6-11)13-14(23-17(2)3-4-17)21-9-22-16(13)25-10/h5-6,8-9H,3-4,7H2,1-2H3,(H,20,24)(H,21,22,23). The van der Waals surface area contributed by atoms with Crippen molar-refractivity contribution in [2.24, 2.45) is 0 Å². The summed E-state index contributed by atoms with van der Waals surface area (Å²) < 4.78 is 5.67. The van der Waals surface area contributed by atoms with Crippen LogP contribution in [0.3, 0.4) is 0 Å². The highest BCUT2D eigenvalue weighted by Gasteiger charge is 2.38. The molecule has 8 nitrogen and oxygen atoms in total. The molecule has 1 fully saturated rings. The minimum atomic E-state index is -0.237. The molecule has 0 aromatic carbocycles. The summed E-state index contributed by atoms with van der Waals surface area (Å²) in [5.74, 6) is 0.912. The average Bonchev–Trinajstić information content (AvgIpc) is 3.22. The van der Waals surface area contributed by atoms with Gasteiger partial charge in [0.2, 0.25) is 5.71 Å². The minimum Gasteiger partial charge on any atom is -0.442 e. The second-order valence-corrected chi connectivity index (χ2v) is 6.55. The maximum absolute atomic E-state index is 12.8. The van der Waals surface area contributed by atoms with E-state index in [4.69, 9.17) is 4.42 Å². The quantitative estimate of drug-likeness (QED) is 0.734. The SMILES string of the molecule is Cc1oc2ncnc(NC3(C)CC3)c2c1C(=O)NCc1cncnc1. The number of hydrogen-bond donors (Lipinski definition) is 2. The van der Waals surface area contributed by atoms with Gasteiger partial charge in [0, 0.05) is 30.0 Å². The molecule has 0 radical (unpaired) electrons. The molecule has 25 heavy (non-hydrogen) atoms. The van der Waals surface area contributed by atoms with Crippen LogP contribution in [0.4, 0.5) is 5.82 Å². The first kappa shape index (κ1) is 15.5. The number of aromatic nitrogens is 4. The topological polar surface area (TPSA) is 106 Å². The molecule has 128 valence electrons. The van der Waals surface area contributed by atoms with Crippen molar-refractivity contribution in [1.82, 2.24) is 25.3 Å². The molecule has 1 amide bonds. The van der Waals surface area contributed by atoms with Gasteiger partial charge >= 0.3 is 0 Å². The number of furan rings is 1. The summed E-state index contributed by atoms with van der Waals surface area (Å²) in [7, 11) is 0. The van der Waals surface area contributed by atoms with Gasteiger partial charge in [-0.3, -0.25) is 4.79 Å². The number of amides is 1. The van der Waals surface area contributed by atoms with Crippen LogP contribution in [0, 0.1) is 6.92 Å². The zero-order valence-electron chi connectivity index (χ0n) is 14.0. The third kappa shape index (κ3) is 3.02. The summed E-state index contributed by atoms with van der Waals surface area (Å²) in [6.07, 6.45) is 8.38. The highest BCUT2D eigenvalue weighted by molar-refractivity contribution is 6.10. The lowest BCUT2D eigenvalue weighted by atomic mass is 10.1. The van der Waals surface area contributed by atoms with E-state index >= 15 is 0 Å². The Labute approximate surface area is 144 Å². The Morgan fingerprint density at radius 3 is 2.72 bits per heavy atom. The molecule has 0 atom stereocenters. The smallest absolute Gasteiger partial charge is 0.255 e. The molecule has 0 saturated heterocycles. The third-order valence-corrected chi connectivity index (χ3v) is 4.38. The monoisotopic (exact) mass is 338 g/mol. The summed E-state index contributed by atoms with van der Waals surface area (Å²) in [5, 5.41) is 6.90. The van der Waals surface area contributed by atoms with Crippen LogP contribution >= 0.6 is 0 Å². The Morgan fingerprint density at radius 2 is 2.00 bits per heavy atom. The number of anilines is 1. The molecular formula is C17H18N6O2. The Bertz CT molecular complexity index is 933. The van der Waals surface area contributed by atoms with E-state index in [1.165, 1.54) is 12.7 Å². The molecule has 2 N–H and O–H groups in total. The molecule has 0 spiro atoms. The molecule has 3 aromatic rings. The van der Waals surface area contributed by atoms with Crippen molar-refractivity contribution in [3.8, 4) is 0 Å². The first-order valence-corrected chi connectivity index (χ1v) is 8.10. The van der Waals surface area contributed by atoms with Gasteiger partial charge < -0.3 is 15.1 Å². The van der Waals surface area contributed by atoms with Crippen molar-refractivity contribution in [2.75, 3.05) is 5.32 Å². The van der Waals surface area contributed by atoms with Crippen LogP contribution < -0.4 is 10.6 Å². The predicted molar refractivity (Wildman–Crippen MR) is 91.0 cm³/mol. The molecule has 3 heterocycles. The van der Waals surface area contributed by atoms with Gasteiger partial charge in [-0.25, -0.2) is 19.9 Å². The lowest BCUT2D eigenvalue weighted by Gasteiger charge is -2.13. The van der Waals surface area contributed by atoms with Gasteiger partial charge in [-0.2, -0.15) is 0 Å². The maximum atomic E-state index is 12.8. The van der Waals surface area contributed by atoms with E-state index in [0.717, 1.165) is 18.4 Å². The van der Waals surface area contributed by atoms with Crippen LogP contribution in [0.15, 0.2) is 29.5 Å². The normalized spacial score (nSPS) is 15.1. The highest BCUT2D eigenvalue weighted by atomic mass is 16.3. The van der Waals surface area contributed by atoms with Gasteiger partial charge in [-0.15, -0.1) is 0 Å². The lowest BCUT2D eigenvalue weighted by Crippen LogP contribution is -2.24. The van der Waals surface area contributed by atoms with Gasteiger partial charge in [0.05, 0.1) is 10.9 Å². The van der Waals surface area contributed by atoms with Gasteiger partial charge in [0.1, 0.15) is 24.2 Å². The van der Waals surface area contributed by atoms with Crippen LogP contribution in [0.2, 0.25) is 0 Å². The van der Waals surface area contributed by atoms with E-state index in [1.54, 1.807) is 19.3 Å². The number of carbonyl (C=O) groups excluding carboxylic acids is 1. The number of fused-ring (bicyclic) bond motifs is 1. The first-order valence-electron chi connectivity index (χ1n) is 8.10. The Morgan fingerprint density at radius 1 is 1.24 bits per heavy atom. The van der Waals surface area contributed by atoms with E-state index in [9.17, 15) is 4.79 Å². The lowest BCUT2D eigenvalue weighted by molar-refractivity contribution is 0.0950. The summed E-state index contributed by atoms with van der Waals surface area (Å²) >= 11 is 0. The van der Waals surface area contributed by atoms with Crippen LogP contribution in [0.25, 0.3) is 11.1 Å². The van der Waals surface area contributed by atoms with Gasteiger partial charge in [-0.1, -0.05) is 0 Å². The van der Waals surface area contributed by atoms with Crippen molar-refractivity contribution in [2.45, 2.75) is 38.8 Å². The third-order valence-electron chi connectivity index (χ3n) is 4.38. The first-order chi connectivity index (χ1) is 12.1. The maximum Gasteiger partial charge on any atom is 0.255 e. The number of hydrogen-bond acceptors (Lipinski definition) is 7. The Hall–Kier alpha value is -3.03. The van der Waals surface area contributed by atoms with E-state index < -0.39 is 0 Å². The van der Waals surface area contributed by atoms with Gasteiger partial charge in [0.15, 0.2) is 0 Å². The molecule has 1 aliphatic carbocycles. The largest absolute Gasteiger partial charge is 0.442 e. The van der Waals surface area contributed by atoms with Crippen molar-refractivity contribution in [3.63, 3.8) is 0 Å². The zero-order valence-corrected chi connectivity index (χ0v) is 14.0. The minimum absolute atomic E-state index is 0.0293.